The van der Waals surface area contributed by atoms with Crippen LogP contribution in [-0.4, -0.2) is 13.9 Å². The molecule has 1 unspecified atom stereocenters. The van der Waals surface area contributed by atoms with E-state index in [0.717, 1.165) is 6.42 Å². The van der Waals surface area contributed by atoms with Crippen molar-refractivity contribution in [3.63, 3.8) is 0 Å². The Labute approximate surface area is 75.9 Å². The summed E-state index contributed by atoms with van der Waals surface area (Å²) in [6.07, 6.45) is 3.82. The van der Waals surface area contributed by atoms with Gasteiger partial charge in [-0.3, -0.25) is 4.79 Å². The van der Waals surface area contributed by atoms with Crippen LogP contribution in [0.5, 0.6) is 0 Å². The third-order valence-electron chi connectivity index (χ3n) is 2.52. The summed E-state index contributed by atoms with van der Waals surface area (Å²) in [6, 6.07) is 0. The van der Waals surface area contributed by atoms with Crippen LogP contribution < -0.4 is 0 Å². The predicted molar refractivity (Wildman–Crippen MR) is 55.1 cm³/mol. The molecule has 0 aromatic heterocycles. The van der Waals surface area contributed by atoms with Gasteiger partial charge in [-0.05, 0) is 12.5 Å². The molecule has 0 amide bonds. The summed E-state index contributed by atoms with van der Waals surface area (Å²) in [5, 5.41) is 0. The van der Waals surface area contributed by atoms with E-state index < -0.39 is 8.07 Å². The second kappa shape index (κ2) is 3.17. The molecule has 0 fully saturated rings. The van der Waals surface area contributed by atoms with Gasteiger partial charge in [0, 0.05) is 12.8 Å². The molecule has 0 radical (unpaired) electrons. The smallest absolute Gasteiger partial charge is 0.137 e. The van der Waals surface area contributed by atoms with Crippen LogP contribution in [0, 0.1) is 0 Å². The maximum Gasteiger partial charge on any atom is 0.137 e. The Hall–Kier alpha value is -0.373. The molecule has 0 aromatic rings. The third kappa shape index (κ3) is 2.31. The second-order valence-electron chi connectivity index (χ2n) is 4.91. The van der Waals surface area contributed by atoms with E-state index in [9.17, 15) is 4.79 Å². The Bertz CT molecular complexity index is 222. The summed E-state index contributed by atoms with van der Waals surface area (Å²) in [6.45, 7) is 9.07. The summed E-state index contributed by atoms with van der Waals surface area (Å²) < 4.78 is 0. The van der Waals surface area contributed by atoms with Gasteiger partial charge in [-0.2, -0.15) is 0 Å². The molecule has 1 aliphatic carbocycles. The van der Waals surface area contributed by atoms with Crippen LogP contribution in [0.25, 0.3) is 0 Å². The highest BCUT2D eigenvalue weighted by atomic mass is 28.3. The highest BCUT2D eigenvalue weighted by Gasteiger charge is 2.29. The lowest BCUT2D eigenvalue weighted by Gasteiger charge is -2.29. The topological polar surface area (TPSA) is 17.1 Å². The lowest BCUT2D eigenvalue weighted by atomic mass is 9.99. The molecule has 2 heteroatoms. The minimum atomic E-state index is -1.14. The molecule has 0 spiro atoms. The largest absolute Gasteiger partial charge is 0.299 e. The van der Waals surface area contributed by atoms with Crippen LogP contribution in [0.3, 0.4) is 0 Å². The summed E-state index contributed by atoms with van der Waals surface area (Å²) in [5.74, 6) is 0.433. The monoisotopic (exact) mass is 182 g/mol. The van der Waals surface area contributed by atoms with Crippen molar-refractivity contribution in [2.24, 2.45) is 0 Å². The van der Waals surface area contributed by atoms with Gasteiger partial charge in [0.1, 0.15) is 5.78 Å². The Morgan fingerprint density at radius 1 is 1.42 bits per heavy atom. The number of hydrogen-bond acceptors (Lipinski definition) is 1. The summed E-state index contributed by atoms with van der Waals surface area (Å²) in [5.41, 5.74) is 1.86. The zero-order valence-electron chi connectivity index (χ0n) is 8.48. The van der Waals surface area contributed by atoms with Crippen molar-refractivity contribution in [3.05, 3.63) is 11.6 Å². The zero-order chi connectivity index (χ0) is 9.35. The maximum absolute atomic E-state index is 11.3. The molecule has 68 valence electrons. The van der Waals surface area contributed by atoms with Crippen molar-refractivity contribution < 1.29 is 4.79 Å². The standard InChI is InChI=1S/C10H18OSi/c1-8-5-9(11)7-10(6-8)12(2,3)4/h6,10H,5,7H2,1-4H3. The lowest BCUT2D eigenvalue weighted by Crippen LogP contribution is -2.30. The summed E-state index contributed by atoms with van der Waals surface area (Å²) >= 11 is 0. The Morgan fingerprint density at radius 3 is 2.42 bits per heavy atom. The van der Waals surface area contributed by atoms with Crippen LogP contribution in [0.15, 0.2) is 11.6 Å². The van der Waals surface area contributed by atoms with Gasteiger partial charge in [0.25, 0.3) is 0 Å². The summed E-state index contributed by atoms with van der Waals surface area (Å²) in [7, 11) is -1.14. The molecule has 12 heavy (non-hydrogen) atoms. The Balaban J connectivity index is 2.80. The Morgan fingerprint density at radius 2 is 2.00 bits per heavy atom. The fourth-order valence-corrected chi connectivity index (χ4v) is 3.27. The number of allylic oxidation sites excluding steroid dienone is 2. The summed E-state index contributed by atoms with van der Waals surface area (Å²) in [4.78, 5) is 11.3. The molecule has 0 aliphatic heterocycles. The van der Waals surface area contributed by atoms with Gasteiger partial charge in [0.2, 0.25) is 0 Å². The van der Waals surface area contributed by atoms with Crippen molar-refractivity contribution in [2.45, 2.75) is 44.9 Å². The van der Waals surface area contributed by atoms with Gasteiger partial charge >= 0.3 is 0 Å². The maximum atomic E-state index is 11.3. The van der Waals surface area contributed by atoms with E-state index in [-0.39, 0.29) is 0 Å². The molecule has 1 nitrogen and oxygen atoms in total. The van der Waals surface area contributed by atoms with E-state index >= 15 is 0 Å². The minimum absolute atomic E-state index is 0.433. The average Bonchev–Trinajstić information content (AvgIpc) is 1.82. The first-order chi connectivity index (χ1) is 5.39. The first-order valence-electron chi connectivity index (χ1n) is 4.58. The van der Waals surface area contributed by atoms with Crippen LogP contribution in [-0.2, 0) is 4.79 Å². The molecule has 0 N–H and O–H groups in total. The van der Waals surface area contributed by atoms with E-state index in [0.29, 0.717) is 17.7 Å². The van der Waals surface area contributed by atoms with Gasteiger partial charge in [0.15, 0.2) is 0 Å². The normalized spacial score (nSPS) is 25.5. The fourth-order valence-electron chi connectivity index (χ4n) is 1.65. The highest BCUT2D eigenvalue weighted by Crippen LogP contribution is 2.33. The predicted octanol–water partition coefficient (Wildman–Crippen LogP) is 3.00. The van der Waals surface area contributed by atoms with Gasteiger partial charge in [-0.25, -0.2) is 0 Å². The molecular weight excluding hydrogens is 164 g/mol. The van der Waals surface area contributed by atoms with Crippen LogP contribution in [0.2, 0.25) is 25.2 Å². The molecule has 0 saturated carbocycles. The van der Waals surface area contributed by atoms with Crippen molar-refractivity contribution in [3.8, 4) is 0 Å². The van der Waals surface area contributed by atoms with Crippen LogP contribution in [0.4, 0.5) is 0 Å². The first-order valence-corrected chi connectivity index (χ1v) is 8.16. The van der Waals surface area contributed by atoms with Gasteiger partial charge in [-0.15, -0.1) is 0 Å². The zero-order valence-corrected chi connectivity index (χ0v) is 9.48. The number of carbonyl (C=O) groups is 1. The van der Waals surface area contributed by atoms with Crippen molar-refractivity contribution in [1.29, 1.82) is 0 Å². The first kappa shape index (κ1) is 9.71. The molecule has 0 aromatic carbocycles. The second-order valence-corrected chi connectivity index (χ2v) is 10.4. The van der Waals surface area contributed by atoms with Crippen LogP contribution >= 0.6 is 0 Å². The lowest BCUT2D eigenvalue weighted by molar-refractivity contribution is -0.118. The van der Waals surface area contributed by atoms with E-state index in [1.54, 1.807) is 0 Å². The molecule has 1 aliphatic rings. The van der Waals surface area contributed by atoms with Gasteiger partial charge < -0.3 is 0 Å². The quantitative estimate of drug-likeness (QED) is 0.450. The fraction of sp³-hybridized carbons (Fsp3) is 0.700. The van der Waals surface area contributed by atoms with Crippen molar-refractivity contribution in [1.82, 2.24) is 0 Å². The van der Waals surface area contributed by atoms with E-state index in [2.05, 4.69) is 32.6 Å². The number of rotatable bonds is 1. The molecular formula is C10H18OSi. The SMILES string of the molecule is CC1=CC([Si](C)(C)C)CC(=O)C1. The highest BCUT2D eigenvalue weighted by molar-refractivity contribution is 6.78. The number of hydrogen-bond donors (Lipinski definition) is 0. The molecule has 0 saturated heterocycles. The van der Waals surface area contributed by atoms with E-state index in [1.807, 2.05) is 0 Å². The number of carbonyl (C=O) groups excluding carboxylic acids is 1. The van der Waals surface area contributed by atoms with E-state index in [4.69, 9.17) is 0 Å². The van der Waals surface area contributed by atoms with Gasteiger partial charge in [-0.1, -0.05) is 31.3 Å². The van der Waals surface area contributed by atoms with Crippen molar-refractivity contribution in [2.75, 3.05) is 0 Å². The van der Waals surface area contributed by atoms with Crippen LogP contribution in [0.1, 0.15) is 19.8 Å². The van der Waals surface area contributed by atoms with E-state index in [1.165, 1.54) is 5.57 Å². The van der Waals surface area contributed by atoms with Crippen molar-refractivity contribution >= 4 is 13.9 Å². The number of Topliss-reactive ketones (excluding diaryl/α,β-unsaturated/α-hetero) is 1. The van der Waals surface area contributed by atoms with Gasteiger partial charge in [0.05, 0.1) is 8.07 Å². The number of ketones is 1. The minimum Gasteiger partial charge on any atom is -0.299 e. The Kier molecular flexibility index (Phi) is 2.57. The molecule has 1 atom stereocenters. The third-order valence-corrected chi connectivity index (χ3v) is 5.12. The molecule has 1 rings (SSSR count). The molecule has 0 bridgehead atoms. The average molecular weight is 182 g/mol. The molecule has 0 heterocycles.